The minimum Gasteiger partial charge on any atom is -0.264 e. The molecule has 2 aliphatic heterocycles. The van der Waals surface area contributed by atoms with Crippen molar-refractivity contribution in [3.05, 3.63) is 54.2 Å². The Kier molecular flexibility index (Phi) is 2.38. The molecule has 3 nitrogen and oxygen atoms in total. The Bertz CT molecular complexity index is 490. The summed E-state index contributed by atoms with van der Waals surface area (Å²) in [7, 11) is 0. The van der Waals surface area contributed by atoms with Gasteiger partial charge in [-0.2, -0.15) is 5.43 Å². The Hall–Kier alpha value is -1.39. The van der Waals surface area contributed by atoms with Gasteiger partial charge in [-0.15, -0.1) is 0 Å². The Balaban J connectivity index is 1.94. The maximum absolute atomic E-state index is 4.36. The molecular weight excluding hydrogens is 266 g/mol. The molecule has 0 bridgehead atoms. The molecule has 1 aromatic carbocycles. The van der Waals surface area contributed by atoms with Crippen LogP contribution in [0.1, 0.15) is 5.56 Å². The smallest absolute Gasteiger partial charge is 0.174 e. The number of allylic oxidation sites excluding steroid dienone is 2. The Morgan fingerprint density at radius 1 is 1.19 bits per heavy atom. The summed E-state index contributed by atoms with van der Waals surface area (Å²) in [6, 6.07) is 10.3. The second kappa shape index (κ2) is 3.88. The summed E-state index contributed by atoms with van der Waals surface area (Å²) in [5.41, 5.74) is 5.55. The molecule has 0 amide bonds. The van der Waals surface area contributed by atoms with Gasteiger partial charge < -0.3 is 0 Å². The van der Waals surface area contributed by atoms with Gasteiger partial charge in [-0.1, -0.05) is 30.3 Å². The molecule has 1 unspecified atom stereocenters. The van der Waals surface area contributed by atoms with Crippen LogP contribution in [0.3, 0.4) is 0 Å². The van der Waals surface area contributed by atoms with Gasteiger partial charge in [0.2, 0.25) is 0 Å². The number of halogens is 1. The molecule has 0 aromatic heterocycles. The first-order chi connectivity index (χ1) is 7.83. The molecule has 80 valence electrons. The lowest BCUT2D eigenvalue weighted by atomic mass is 10.1. The number of hydrogen-bond donors (Lipinski definition) is 1. The predicted octanol–water partition coefficient (Wildman–Crippen LogP) is 2.49. The van der Waals surface area contributed by atoms with Gasteiger partial charge in [0.25, 0.3) is 0 Å². The van der Waals surface area contributed by atoms with E-state index >= 15 is 0 Å². The topological polar surface area (TPSA) is 27.6 Å². The van der Waals surface area contributed by atoms with Crippen LogP contribution in [-0.4, -0.2) is 15.9 Å². The van der Waals surface area contributed by atoms with E-state index in [2.05, 4.69) is 50.8 Å². The van der Waals surface area contributed by atoms with Crippen LogP contribution in [0, 0.1) is 0 Å². The summed E-state index contributed by atoms with van der Waals surface area (Å²) in [4.78, 5) is 4.36. The minimum absolute atomic E-state index is 0.0291. The molecule has 4 heteroatoms. The molecule has 0 aliphatic carbocycles. The van der Waals surface area contributed by atoms with Crippen molar-refractivity contribution in [3.8, 4) is 0 Å². The van der Waals surface area contributed by atoms with Gasteiger partial charge in [0.1, 0.15) is 5.84 Å². The SMILES string of the molecule is BrC1N=C2C=CC(c3ccccc3)=CN2N1. The molecule has 2 heterocycles. The Morgan fingerprint density at radius 2 is 2.00 bits per heavy atom. The average molecular weight is 276 g/mol. The van der Waals surface area contributed by atoms with Crippen LogP contribution in [0.2, 0.25) is 0 Å². The highest BCUT2D eigenvalue weighted by atomic mass is 79.9. The van der Waals surface area contributed by atoms with Crippen molar-refractivity contribution in [2.75, 3.05) is 0 Å². The van der Waals surface area contributed by atoms with Crippen LogP contribution >= 0.6 is 15.9 Å². The molecule has 2 aliphatic rings. The molecular formula is C12H10BrN3. The van der Waals surface area contributed by atoms with Crippen LogP contribution in [0.25, 0.3) is 5.57 Å². The van der Waals surface area contributed by atoms with E-state index in [1.54, 1.807) is 0 Å². The van der Waals surface area contributed by atoms with Gasteiger partial charge >= 0.3 is 0 Å². The van der Waals surface area contributed by atoms with E-state index in [0.29, 0.717) is 0 Å². The minimum atomic E-state index is -0.0291. The number of alkyl halides is 1. The van der Waals surface area contributed by atoms with Crippen LogP contribution in [0.4, 0.5) is 0 Å². The van der Waals surface area contributed by atoms with E-state index in [9.17, 15) is 0 Å². The number of aliphatic imine (C=N–C) groups is 1. The van der Waals surface area contributed by atoms with Crippen molar-refractivity contribution in [1.29, 1.82) is 0 Å². The number of rotatable bonds is 1. The third-order valence-corrected chi connectivity index (χ3v) is 2.93. The van der Waals surface area contributed by atoms with Crippen LogP contribution in [-0.2, 0) is 0 Å². The maximum atomic E-state index is 4.36. The van der Waals surface area contributed by atoms with Gasteiger partial charge in [-0.3, -0.25) is 5.01 Å². The van der Waals surface area contributed by atoms with Crippen molar-refractivity contribution >= 4 is 27.3 Å². The molecule has 0 fully saturated rings. The highest BCUT2D eigenvalue weighted by molar-refractivity contribution is 9.09. The van der Waals surface area contributed by atoms with Crippen LogP contribution in [0.15, 0.2) is 53.7 Å². The number of nitrogens with zero attached hydrogens (tertiary/aromatic N) is 2. The molecule has 1 aromatic rings. The number of benzene rings is 1. The van der Waals surface area contributed by atoms with Crippen molar-refractivity contribution in [3.63, 3.8) is 0 Å². The Labute approximate surface area is 102 Å². The zero-order chi connectivity index (χ0) is 11.0. The van der Waals surface area contributed by atoms with Crippen molar-refractivity contribution in [2.24, 2.45) is 4.99 Å². The summed E-state index contributed by atoms with van der Waals surface area (Å²) in [5, 5.41) is 1.90. The maximum Gasteiger partial charge on any atom is 0.174 e. The first kappa shape index (κ1) is 9.81. The first-order valence-electron chi connectivity index (χ1n) is 5.05. The van der Waals surface area contributed by atoms with Gasteiger partial charge in [0, 0.05) is 6.20 Å². The Morgan fingerprint density at radius 3 is 2.81 bits per heavy atom. The van der Waals surface area contributed by atoms with Gasteiger partial charge in [-0.25, -0.2) is 4.99 Å². The molecule has 1 N–H and O–H groups in total. The van der Waals surface area contributed by atoms with Crippen LogP contribution < -0.4 is 5.43 Å². The van der Waals surface area contributed by atoms with Crippen molar-refractivity contribution in [2.45, 2.75) is 5.08 Å². The number of amidine groups is 1. The molecule has 1 atom stereocenters. The third-order valence-electron chi connectivity index (χ3n) is 2.53. The number of hydrazine groups is 1. The zero-order valence-electron chi connectivity index (χ0n) is 8.47. The summed E-state index contributed by atoms with van der Waals surface area (Å²) in [6.45, 7) is 0. The lowest BCUT2D eigenvalue weighted by Gasteiger charge is -2.19. The van der Waals surface area contributed by atoms with E-state index in [0.717, 1.165) is 5.84 Å². The number of nitrogens with one attached hydrogen (secondary N) is 1. The summed E-state index contributed by atoms with van der Waals surface area (Å²) < 4.78 is 0. The largest absolute Gasteiger partial charge is 0.264 e. The van der Waals surface area contributed by atoms with Crippen molar-refractivity contribution in [1.82, 2.24) is 10.4 Å². The fourth-order valence-electron chi connectivity index (χ4n) is 1.76. The molecule has 0 saturated carbocycles. The van der Waals surface area contributed by atoms with E-state index in [1.807, 2.05) is 29.3 Å². The van der Waals surface area contributed by atoms with Crippen molar-refractivity contribution < 1.29 is 0 Å². The lowest BCUT2D eigenvalue weighted by molar-refractivity contribution is 0.441. The zero-order valence-corrected chi connectivity index (χ0v) is 10.1. The molecule has 3 rings (SSSR count). The highest BCUT2D eigenvalue weighted by Gasteiger charge is 2.21. The predicted molar refractivity (Wildman–Crippen MR) is 68.7 cm³/mol. The first-order valence-corrected chi connectivity index (χ1v) is 5.97. The molecule has 0 saturated heterocycles. The summed E-state index contributed by atoms with van der Waals surface area (Å²) in [6.07, 6.45) is 6.14. The molecule has 0 spiro atoms. The normalized spacial score (nSPS) is 22.8. The molecule has 16 heavy (non-hydrogen) atoms. The van der Waals surface area contributed by atoms with E-state index < -0.39 is 0 Å². The van der Waals surface area contributed by atoms with Crippen LogP contribution in [0.5, 0.6) is 0 Å². The summed E-state index contributed by atoms with van der Waals surface area (Å²) >= 11 is 3.40. The fraction of sp³-hybridized carbons (Fsp3) is 0.0833. The quantitative estimate of drug-likeness (QED) is 0.630. The van der Waals surface area contributed by atoms with E-state index in [-0.39, 0.29) is 5.08 Å². The van der Waals surface area contributed by atoms with Gasteiger partial charge in [0.15, 0.2) is 5.08 Å². The standard InChI is InChI=1S/C12H10BrN3/c13-12-14-11-7-6-10(8-16(11)15-12)9-4-2-1-3-5-9/h1-8,12,15H. The second-order valence-corrected chi connectivity index (χ2v) is 4.47. The summed E-state index contributed by atoms with van der Waals surface area (Å²) in [5.74, 6) is 0.932. The van der Waals surface area contributed by atoms with Gasteiger partial charge in [0.05, 0.1) is 0 Å². The number of fused-ring (bicyclic) bond motifs is 1. The van der Waals surface area contributed by atoms with Gasteiger partial charge in [-0.05, 0) is 39.2 Å². The number of hydrogen-bond acceptors (Lipinski definition) is 3. The average Bonchev–Trinajstić information content (AvgIpc) is 2.69. The van der Waals surface area contributed by atoms with E-state index in [4.69, 9.17) is 0 Å². The third kappa shape index (κ3) is 1.70. The lowest BCUT2D eigenvalue weighted by Crippen LogP contribution is -2.34. The fourth-order valence-corrected chi connectivity index (χ4v) is 2.19. The monoisotopic (exact) mass is 275 g/mol. The highest BCUT2D eigenvalue weighted by Crippen LogP contribution is 2.22. The second-order valence-electron chi connectivity index (χ2n) is 3.61. The van der Waals surface area contributed by atoms with E-state index in [1.165, 1.54) is 11.1 Å². The molecule has 0 radical (unpaired) electrons.